The summed E-state index contributed by atoms with van der Waals surface area (Å²) in [4.78, 5) is 4.79. The van der Waals surface area contributed by atoms with Crippen LogP contribution in [-0.4, -0.2) is 0 Å². The minimum Gasteiger partial charge on any atom is -0.455 e. The fourth-order valence-corrected chi connectivity index (χ4v) is 8.85. The molecule has 9 aromatic carbocycles. The van der Waals surface area contributed by atoms with Crippen molar-refractivity contribution in [2.45, 2.75) is 16.7 Å². The van der Waals surface area contributed by atoms with E-state index >= 15 is 0 Å². The predicted molar refractivity (Wildman–Crippen MR) is 230 cm³/mol. The zero-order chi connectivity index (χ0) is 36.0. The molecular formula is C51H35NOS. The van der Waals surface area contributed by atoms with Crippen molar-refractivity contribution >= 4 is 72.3 Å². The van der Waals surface area contributed by atoms with E-state index in [2.05, 4.69) is 206 Å². The second-order valence-electron chi connectivity index (χ2n) is 13.7. The summed E-state index contributed by atoms with van der Waals surface area (Å²) in [6.07, 6.45) is 0. The van der Waals surface area contributed by atoms with Gasteiger partial charge in [0.2, 0.25) is 0 Å². The molecule has 0 saturated carbocycles. The predicted octanol–water partition coefficient (Wildman–Crippen LogP) is 15.2. The first-order chi connectivity index (χ1) is 26.7. The summed E-state index contributed by atoms with van der Waals surface area (Å²) in [5, 5.41) is 7.15. The lowest BCUT2D eigenvalue weighted by molar-refractivity contribution is 0.672. The number of para-hydroxylation sites is 2. The Morgan fingerprint density at radius 3 is 1.96 bits per heavy atom. The van der Waals surface area contributed by atoms with Crippen LogP contribution in [0.2, 0.25) is 0 Å². The molecule has 0 saturated heterocycles. The average Bonchev–Trinajstić information content (AvgIpc) is 3.63. The Labute approximate surface area is 318 Å². The highest BCUT2D eigenvalue weighted by molar-refractivity contribution is 7.99. The molecule has 0 aliphatic rings. The number of hydrogen-bond donors (Lipinski definition) is 0. The number of aryl methyl sites for hydroxylation is 1. The normalized spacial score (nSPS) is 11.5. The number of rotatable bonds is 7. The van der Waals surface area contributed by atoms with Gasteiger partial charge in [-0.1, -0.05) is 151 Å². The highest BCUT2D eigenvalue weighted by Gasteiger charge is 2.22. The van der Waals surface area contributed by atoms with Crippen molar-refractivity contribution in [3.05, 3.63) is 200 Å². The Balaban J connectivity index is 1.11. The zero-order valence-corrected chi connectivity index (χ0v) is 30.6. The molecule has 0 bridgehead atoms. The molecule has 10 aromatic rings. The molecule has 0 aliphatic carbocycles. The monoisotopic (exact) mass is 709 g/mol. The van der Waals surface area contributed by atoms with Crippen molar-refractivity contribution in [3.8, 4) is 22.3 Å². The fraction of sp³-hybridized carbons (Fsp3) is 0.0196. The SMILES string of the molecule is Cc1c(Sc2ccccc2N(c2ccc(-c3ccc4ccccc4c3)cc2)c2ccccc2-c2ccccc2)ccc2oc3c4ccccc4ccc3c12. The molecule has 10 rings (SSSR count). The summed E-state index contributed by atoms with van der Waals surface area (Å²) in [6, 6.07) is 69.7. The topological polar surface area (TPSA) is 16.4 Å². The molecule has 0 aliphatic heterocycles. The fourth-order valence-electron chi connectivity index (χ4n) is 7.81. The zero-order valence-electron chi connectivity index (χ0n) is 29.7. The highest BCUT2D eigenvalue weighted by Crippen LogP contribution is 2.47. The van der Waals surface area contributed by atoms with Crippen molar-refractivity contribution < 1.29 is 4.42 Å². The molecule has 2 nitrogen and oxygen atoms in total. The van der Waals surface area contributed by atoms with E-state index in [0.29, 0.717) is 0 Å². The minimum absolute atomic E-state index is 0.918. The summed E-state index contributed by atoms with van der Waals surface area (Å²) in [5.41, 5.74) is 11.2. The van der Waals surface area contributed by atoms with Gasteiger partial charge in [0.05, 0.1) is 11.4 Å². The Bertz CT molecular complexity index is 2980. The molecule has 0 amide bonds. The molecule has 0 atom stereocenters. The molecule has 0 unspecified atom stereocenters. The van der Waals surface area contributed by atoms with E-state index in [0.717, 1.165) is 39.0 Å². The van der Waals surface area contributed by atoms with E-state index in [4.69, 9.17) is 4.42 Å². The molecule has 0 fully saturated rings. The van der Waals surface area contributed by atoms with Crippen LogP contribution in [-0.2, 0) is 0 Å². The largest absolute Gasteiger partial charge is 0.455 e. The van der Waals surface area contributed by atoms with Crippen LogP contribution < -0.4 is 4.90 Å². The van der Waals surface area contributed by atoms with Crippen LogP contribution in [0.5, 0.6) is 0 Å². The summed E-state index contributed by atoms with van der Waals surface area (Å²) in [6.45, 7) is 2.23. The van der Waals surface area contributed by atoms with Crippen LogP contribution >= 0.6 is 11.8 Å². The Kier molecular flexibility index (Phi) is 8.00. The first-order valence-corrected chi connectivity index (χ1v) is 19.2. The smallest absolute Gasteiger partial charge is 0.143 e. The van der Waals surface area contributed by atoms with Crippen LogP contribution in [0.4, 0.5) is 17.1 Å². The Hall–Kier alpha value is -6.55. The first-order valence-electron chi connectivity index (χ1n) is 18.3. The first kappa shape index (κ1) is 32.1. The molecule has 1 heterocycles. The highest BCUT2D eigenvalue weighted by atomic mass is 32.2. The molecule has 0 radical (unpaired) electrons. The Morgan fingerprint density at radius 1 is 0.444 bits per heavy atom. The van der Waals surface area contributed by atoms with Crippen molar-refractivity contribution in [2.75, 3.05) is 4.90 Å². The summed E-state index contributed by atoms with van der Waals surface area (Å²) in [7, 11) is 0. The van der Waals surface area contributed by atoms with Gasteiger partial charge in [-0.25, -0.2) is 0 Å². The van der Waals surface area contributed by atoms with Gasteiger partial charge in [0.15, 0.2) is 0 Å². The van der Waals surface area contributed by atoms with Gasteiger partial charge in [0.25, 0.3) is 0 Å². The number of fused-ring (bicyclic) bond motifs is 6. The van der Waals surface area contributed by atoms with E-state index in [1.165, 1.54) is 59.2 Å². The van der Waals surface area contributed by atoms with E-state index in [-0.39, 0.29) is 0 Å². The molecule has 0 N–H and O–H groups in total. The van der Waals surface area contributed by atoms with Crippen LogP contribution in [0.15, 0.2) is 208 Å². The molecule has 54 heavy (non-hydrogen) atoms. The maximum absolute atomic E-state index is 6.53. The molecule has 3 heteroatoms. The number of anilines is 3. The van der Waals surface area contributed by atoms with Gasteiger partial charge in [-0.15, -0.1) is 0 Å². The second kappa shape index (κ2) is 13.5. The second-order valence-corrected chi connectivity index (χ2v) is 14.8. The minimum atomic E-state index is 0.918. The standard InChI is InChI=1S/C51H35NOS/c1-34-48(32-31-47-50(34)44-30-27-38-16-7-8-19-43(38)51(44)53-47)54-49-22-12-11-21-46(49)52(45-20-10-9-18-42(45)37-14-3-2-4-15-37)41-28-25-36(26-29-41)40-24-23-35-13-5-6-17-39(35)33-40/h2-33H,1H3. The maximum atomic E-state index is 6.53. The van der Waals surface area contributed by atoms with Crippen LogP contribution in [0.1, 0.15) is 5.56 Å². The lowest BCUT2D eigenvalue weighted by Crippen LogP contribution is -2.12. The van der Waals surface area contributed by atoms with Crippen molar-refractivity contribution in [1.29, 1.82) is 0 Å². The van der Waals surface area contributed by atoms with Crippen molar-refractivity contribution in [1.82, 2.24) is 0 Å². The average molecular weight is 710 g/mol. The van der Waals surface area contributed by atoms with E-state index < -0.39 is 0 Å². The summed E-state index contributed by atoms with van der Waals surface area (Å²) < 4.78 is 6.53. The number of nitrogens with zero attached hydrogens (tertiary/aromatic N) is 1. The third-order valence-electron chi connectivity index (χ3n) is 10.5. The van der Waals surface area contributed by atoms with Gasteiger partial charge in [0, 0.05) is 37.2 Å². The quantitative estimate of drug-likeness (QED) is 0.164. The number of hydrogen-bond acceptors (Lipinski definition) is 3. The van der Waals surface area contributed by atoms with E-state index in [9.17, 15) is 0 Å². The van der Waals surface area contributed by atoms with Gasteiger partial charge in [0.1, 0.15) is 11.2 Å². The van der Waals surface area contributed by atoms with Gasteiger partial charge < -0.3 is 9.32 Å². The van der Waals surface area contributed by atoms with Crippen molar-refractivity contribution in [2.24, 2.45) is 0 Å². The van der Waals surface area contributed by atoms with Crippen LogP contribution in [0.3, 0.4) is 0 Å². The third kappa shape index (κ3) is 5.62. The van der Waals surface area contributed by atoms with Crippen LogP contribution in [0, 0.1) is 6.92 Å². The lowest BCUT2D eigenvalue weighted by atomic mass is 10.00. The summed E-state index contributed by atoms with van der Waals surface area (Å²) >= 11 is 1.81. The molecular weight excluding hydrogens is 675 g/mol. The lowest BCUT2D eigenvalue weighted by Gasteiger charge is -2.30. The van der Waals surface area contributed by atoms with E-state index in [1.807, 2.05) is 11.8 Å². The molecule has 0 spiro atoms. The number of furan rings is 1. The van der Waals surface area contributed by atoms with E-state index in [1.54, 1.807) is 0 Å². The number of benzene rings is 9. The Morgan fingerprint density at radius 2 is 1.11 bits per heavy atom. The summed E-state index contributed by atoms with van der Waals surface area (Å²) in [5.74, 6) is 0. The van der Waals surface area contributed by atoms with Gasteiger partial charge >= 0.3 is 0 Å². The van der Waals surface area contributed by atoms with Gasteiger partial charge in [-0.05, 0) is 99.9 Å². The third-order valence-corrected chi connectivity index (χ3v) is 11.7. The molecule has 256 valence electrons. The molecule has 1 aromatic heterocycles. The van der Waals surface area contributed by atoms with Crippen LogP contribution in [0.25, 0.3) is 65.7 Å². The van der Waals surface area contributed by atoms with Gasteiger partial charge in [-0.2, -0.15) is 0 Å². The maximum Gasteiger partial charge on any atom is 0.143 e. The van der Waals surface area contributed by atoms with Crippen molar-refractivity contribution in [3.63, 3.8) is 0 Å². The van der Waals surface area contributed by atoms with Gasteiger partial charge in [-0.3, -0.25) is 0 Å².